The fourth-order valence-electron chi connectivity index (χ4n) is 2.03. The van der Waals surface area contributed by atoms with Gasteiger partial charge < -0.3 is 10.6 Å². The maximum absolute atomic E-state index is 13.4. The highest BCUT2D eigenvalue weighted by molar-refractivity contribution is 6.01. The van der Waals surface area contributed by atoms with Crippen LogP contribution in [-0.4, -0.2) is 18.5 Å². The summed E-state index contributed by atoms with van der Waals surface area (Å²) in [5.74, 6) is -3.24. The van der Waals surface area contributed by atoms with Crippen LogP contribution in [0, 0.1) is 17.5 Å². The van der Waals surface area contributed by atoms with Gasteiger partial charge in [-0.3, -0.25) is 10.1 Å². The Morgan fingerprint density at radius 2 is 1.72 bits per heavy atom. The molecule has 5 nitrogen and oxygen atoms in total. The molecule has 0 radical (unpaired) electrons. The quantitative estimate of drug-likeness (QED) is 0.775. The second kappa shape index (κ2) is 8.29. The first-order valence-electron chi connectivity index (χ1n) is 7.40. The molecule has 0 aromatic heterocycles. The third-order valence-corrected chi connectivity index (χ3v) is 3.39. The van der Waals surface area contributed by atoms with Crippen molar-refractivity contribution in [2.24, 2.45) is 0 Å². The van der Waals surface area contributed by atoms with Crippen molar-refractivity contribution in [2.45, 2.75) is 13.0 Å². The number of benzene rings is 2. The molecule has 2 rings (SSSR count). The van der Waals surface area contributed by atoms with Crippen LogP contribution < -0.4 is 16.0 Å². The molecule has 0 aliphatic carbocycles. The van der Waals surface area contributed by atoms with Crippen LogP contribution >= 0.6 is 0 Å². The number of imide groups is 1. The highest BCUT2D eigenvalue weighted by Gasteiger charge is 2.13. The number of amides is 3. The van der Waals surface area contributed by atoms with Crippen LogP contribution in [0.2, 0.25) is 0 Å². The van der Waals surface area contributed by atoms with Crippen LogP contribution in [0.25, 0.3) is 0 Å². The van der Waals surface area contributed by atoms with Gasteiger partial charge in [0.2, 0.25) is 5.91 Å². The minimum absolute atomic E-state index is 0.0593. The Kier molecular flexibility index (Phi) is 6.13. The van der Waals surface area contributed by atoms with Gasteiger partial charge >= 0.3 is 6.03 Å². The first-order chi connectivity index (χ1) is 11.9. The van der Waals surface area contributed by atoms with Gasteiger partial charge in [0, 0.05) is 6.04 Å². The van der Waals surface area contributed by atoms with E-state index in [0.29, 0.717) is 5.56 Å². The third kappa shape index (κ3) is 5.32. The summed E-state index contributed by atoms with van der Waals surface area (Å²) in [6.45, 7) is 1.41. The Balaban J connectivity index is 1.82. The van der Waals surface area contributed by atoms with Crippen molar-refractivity contribution in [3.05, 3.63) is 65.5 Å². The molecule has 0 unspecified atom stereocenters. The van der Waals surface area contributed by atoms with E-state index in [2.05, 4.69) is 10.6 Å². The number of halogens is 3. The van der Waals surface area contributed by atoms with Crippen molar-refractivity contribution in [1.82, 2.24) is 10.6 Å². The molecule has 0 fully saturated rings. The molecule has 0 aliphatic heterocycles. The van der Waals surface area contributed by atoms with Gasteiger partial charge in [-0.25, -0.2) is 18.0 Å². The summed E-state index contributed by atoms with van der Waals surface area (Å²) in [5.41, 5.74) is 0.387. The van der Waals surface area contributed by atoms with Crippen LogP contribution in [0.1, 0.15) is 18.5 Å². The lowest BCUT2D eigenvalue weighted by atomic mass is 10.1. The average Bonchev–Trinajstić information content (AvgIpc) is 2.57. The van der Waals surface area contributed by atoms with E-state index in [4.69, 9.17) is 0 Å². The van der Waals surface area contributed by atoms with E-state index >= 15 is 0 Å². The Labute approximate surface area is 142 Å². The summed E-state index contributed by atoms with van der Waals surface area (Å²) in [4.78, 5) is 23.4. The average molecular weight is 351 g/mol. The van der Waals surface area contributed by atoms with Gasteiger partial charge in [-0.05, 0) is 36.8 Å². The van der Waals surface area contributed by atoms with Crippen LogP contribution in [-0.2, 0) is 4.79 Å². The number of rotatable bonds is 5. The van der Waals surface area contributed by atoms with Crippen molar-refractivity contribution in [3.8, 4) is 0 Å². The van der Waals surface area contributed by atoms with Gasteiger partial charge in [-0.15, -0.1) is 0 Å². The number of hydrogen-bond donors (Lipinski definition) is 3. The number of para-hydroxylation sites is 1. The highest BCUT2D eigenvalue weighted by atomic mass is 19.2. The molecular weight excluding hydrogens is 335 g/mol. The van der Waals surface area contributed by atoms with Crippen LogP contribution in [0.4, 0.5) is 23.7 Å². The maximum atomic E-state index is 13.4. The number of nitrogens with one attached hydrogen (secondary N) is 3. The molecule has 3 amide bonds. The molecule has 3 N–H and O–H groups in total. The summed E-state index contributed by atoms with van der Waals surface area (Å²) in [6.07, 6.45) is 0. The van der Waals surface area contributed by atoms with Crippen LogP contribution in [0.3, 0.4) is 0 Å². The van der Waals surface area contributed by atoms with E-state index in [1.54, 1.807) is 6.92 Å². The van der Waals surface area contributed by atoms with E-state index in [1.165, 1.54) is 30.3 Å². The van der Waals surface area contributed by atoms with Crippen LogP contribution in [0.15, 0.2) is 42.5 Å². The molecule has 0 heterocycles. The van der Waals surface area contributed by atoms with Gasteiger partial charge in [0.15, 0.2) is 11.6 Å². The second-order valence-electron chi connectivity index (χ2n) is 5.26. The van der Waals surface area contributed by atoms with Crippen molar-refractivity contribution in [3.63, 3.8) is 0 Å². The first kappa shape index (κ1) is 18.5. The van der Waals surface area contributed by atoms with E-state index in [1.807, 2.05) is 5.32 Å². The van der Waals surface area contributed by atoms with Gasteiger partial charge in [-0.1, -0.05) is 18.2 Å². The summed E-state index contributed by atoms with van der Waals surface area (Å²) in [7, 11) is 0. The largest absolute Gasteiger partial charge is 0.326 e. The fourth-order valence-corrected chi connectivity index (χ4v) is 2.03. The summed E-state index contributed by atoms with van der Waals surface area (Å²) in [5, 5.41) is 7.01. The molecule has 2 aromatic rings. The predicted octanol–water partition coefficient (Wildman–Crippen LogP) is 3.10. The Morgan fingerprint density at radius 1 is 1.00 bits per heavy atom. The lowest BCUT2D eigenvalue weighted by molar-refractivity contribution is -0.119. The predicted molar refractivity (Wildman–Crippen MR) is 86.3 cm³/mol. The molecular formula is C17H16F3N3O2. The normalized spacial score (nSPS) is 11.7. The lowest BCUT2D eigenvalue weighted by Crippen LogP contribution is -2.40. The number of urea groups is 1. The second-order valence-corrected chi connectivity index (χ2v) is 5.26. The molecule has 0 aliphatic rings. The minimum atomic E-state index is -0.986. The van der Waals surface area contributed by atoms with Crippen molar-refractivity contribution in [1.29, 1.82) is 0 Å². The minimum Gasteiger partial charge on any atom is -0.305 e. The standard InChI is InChI=1S/C17H16F3N3O2/c1-10(11-6-7-12(18)14(20)8-11)21-9-16(24)23-17(25)22-15-5-3-2-4-13(15)19/h2-8,10,21H,9H2,1H3,(H2,22,23,24,25)/t10-/m1/s1. The third-order valence-electron chi connectivity index (χ3n) is 3.39. The zero-order valence-electron chi connectivity index (χ0n) is 13.3. The number of hydrogen-bond acceptors (Lipinski definition) is 3. The van der Waals surface area contributed by atoms with E-state index in [-0.39, 0.29) is 12.2 Å². The molecule has 132 valence electrons. The maximum Gasteiger partial charge on any atom is 0.326 e. The van der Waals surface area contributed by atoms with Crippen molar-refractivity contribution >= 4 is 17.6 Å². The highest BCUT2D eigenvalue weighted by Crippen LogP contribution is 2.15. The Bertz CT molecular complexity index is 783. The first-order valence-corrected chi connectivity index (χ1v) is 7.40. The topological polar surface area (TPSA) is 70.2 Å². The smallest absolute Gasteiger partial charge is 0.305 e. The Morgan fingerprint density at radius 3 is 2.40 bits per heavy atom. The zero-order valence-corrected chi connectivity index (χ0v) is 13.3. The van der Waals surface area contributed by atoms with E-state index in [9.17, 15) is 22.8 Å². The van der Waals surface area contributed by atoms with Gasteiger partial charge in [-0.2, -0.15) is 0 Å². The zero-order chi connectivity index (χ0) is 18.4. The van der Waals surface area contributed by atoms with E-state index in [0.717, 1.165) is 12.1 Å². The summed E-state index contributed by atoms with van der Waals surface area (Å²) in [6, 6.07) is 7.59. The molecule has 0 saturated carbocycles. The number of anilines is 1. The van der Waals surface area contributed by atoms with Gasteiger partial charge in [0.25, 0.3) is 0 Å². The van der Waals surface area contributed by atoms with Gasteiger partial charge in [0.05, 0.1) is 12.2 Å². The molecule has 25 heavy (non-hydrogen) atoms. The van der Waals surface area contributed by atoms with Crippen molar-refractivity contribution < 1.29 is 22.8 Å². The molecule has 0 spiro atoms. The molecule has 2 aromatic carbocycles. The number of carbonyl (C=O) groups excluding carboxylic acids is 2. The molecule has 8 heteroatoms. The monoisotopic (exact) mass is 351 g/mol. The lowest BCUT2D eigenvalue weighted by Gasteiger charge is -2.14. The summed E-state index contributed by atoms with van der Waals surface area (Å²) >= 11 is 0. The number of carbonyl (C=O) groups is 2. The molecule has 1 atom stereocenters. The van der Waals surface area contributed by atoms with Crippen LogP contribution in [0.5, 0.6) is 0 Å². The van der Waals surface area contributed by atoms with Crippen molar-refractivity contribution in [2.75, 3.05) is 11.9 Å². The molecule has 0 saturated heterocycles. The molecule has 0 bridgehead atoms. The fraction of sp³-hybridized carbons (Fsp3) is 0.176. The Hall–Kier alpha value is -2.87. The SMILES string of the molecule is C[C@@H](NCC(=O)NC(=O)Nc1ccccc1F)c1ccc(F)c(F)c1. The summed E-state index contributed by atoms with van der Waals surface area (Å²) < 4.78 is 39.5. The van der Waals surface area contributed by atoms with Gasteiger partial charge in [0.1, 0.15) is 5.82 Å². The van der Waals surface area contributed by atoms with E-state index < -0.39 is 35.4 Å².